The summed E-state index contributed by atoms with van der Waals surface area (Å²) in [6.45, 7) is 6.38. The molecule has 0 heterocycles. The molecule has 0 aliphatic heterocycles. The summed E-state index contributed by atoms with van der Waals surface area (Å²) in [6, 6.07) is -0.699. The van der Waals surface area contributed by atoms with Crippen molar-refractivity contribution in [2.45, 2.75) is 238 Å². The monoisotopic (exact) mass is 732 g/mol. The zero-order chi connectivity index (χ0) is 38.2. The zero-order valence-corrected chi connectivity index (χ0v) is 34.4. The molecule has 3 N–H and O–H groups in total. The number of unbranched alkanes of at least 4 members (excludes halogenated alkanes) is 21. The van der Waals surface area contributed by atoms with Gasteiger partial charge >= 0.3 is 5.97 Å². The van der Waals surface area contributed by atoms with E-state index in [9.17, 15) is 19.8 Å². The van der Waals surface area contributed by atoms with Crippen LogP contribution in [0.1, 0.15) is 220 Å². The number of carbonyl (C=O) groups excluding carboxylic acids is 2. The molecule has 1 amide bonds. The van der Waals surface area contributed by atoms with Crippen LogP contribution in [0.25, 0.3) is 0 Å². The average molecular weight is 732 g/mol. The van der Waals surface area contributed by atoms with Gasteiger partial charge in [0.25, 0.3) is 0 Å². The Labute approximate surface area is 322 Å². The van der Waals surface area contributed by atoms with Crippen LogP contribution in [-0.2, 0) is 14.3 Å². The molecule has 0 aromatic rings. The minimum absolute atomic E-state index is 0.0695. The van der Waals surface area contributed by atoms with Gasteiger partial charge < -0.3 is 20.3 Å². The van der Waals surface area contributed by atoms with E-state index in [0.29, 0.717) is 19.3 Å². The third-order valence-corrected chi connectivity index (χ3v) is 9.97. The lowest BCUT2D eigenvalue weighted by atomic mass is 10.0. The van der Waals surface area contributed by atoms with Gasteiger partial charge in [0.05, 0.1) is 25.2 Å². The molecule has 0 spiro atoms. The van der Waals surface area contributed by atoms with E-state index < -0.39 is 18.2 Å². The second-order valence-electron chi connectivity index (χ2n) is 15.1. The summed E-state index contributed by atoms with van der Waals surface area (Å²) < 4.78 is 5.86. The van der Waals surface area contributed by atoms with E-state index in [1.54, 1.807) is 0 Å². The summed E-state index contributed by atoms with van der Waals surface area (Å²) in [5.41, 5.74) is 0. The van der Waals surface area contributed by atoms with Gasteiger partial charge in [-0.3, -0.25) is 9.59 Å². The molecule has 0 saturated carbocycles. The highest BCUT2D eigenvalue weighted by Crippen LogP contribution is 2.17. The fourth-order valence-corrected chi connectivity index (χ4v) is 6.55. The lowest BCUT2D eigenvalue weighted by Gasteiger charge is -2.24. The van der Waals surface area contributed by atoms with Crippen LogP contribution in [0, 0.1) is 0 Å². The number of amides is 1. The Balaban J connectivity index is 4.47. The number of carbonyl (C=O) groups is 2. The number of aliphatic hydroxyl groups excluding tert-OH is 2. The Morgan fingerprint density at radius 1 is 0.558 bits per heavy atom. The number of rotatable bonds is 39. The number of allylic oxidation sites excluding steroid dienone is 6. The predicted molar refractivity (Wildman–Crippen MR) is 222 cm³/mol. The number of nitrogens with one attached hydrogen (secondary N) is 1. The van der Waals surface area contributed by atoms with Crippen molar-refractivity contribution in [1.82, 2.24) is 5.32 Å². The zero-order valence-electron chi connectivity index (χ0n) is 34.4. The smallest absolute Gasteiger partial charge is 0.306 e. The lowest BCUT2D eigenvalue weighted by Crippen LogP contribution is -2.46. The van der Waals surface area contributed by atoms with E-state index in [1.165, 1.54) is 89.9 Å². The fraction of sp³-hybridized carbons (Fsp3) is 0.826. The van der Waals surface area contributed by atoms with Gasteiger partial charge in [0, 0.05) is 6.42 Å². The summed E-state index contributed by atoms with van der Waals surface area (Å²) in [7, 11) is 0. The van der Waals surface area contributed by atoms with Gasteiger partial charge in [-0.25, -0.2) is 0 Å². The summed E-state index contributed by atoms with van der Waals surface area (Å²) in [5.74, 6) is -0.503. The Morgan fingerprint density at radius 2 is 0.981 bits per heavy atom. The van der Waals surface area contributed by atoms with Crippen molar-refractivity contribution in [3.8, 4) is 0 Å². The molecule has 0 bridgehead atoms. The molecule has 0 aliphatic rings. The van der Waals surface area contributed by atoms with E-state index in [1.807, 2.05) is 0 Å². The van der Waals surface area contributed by atoms with E-state index in [2.05, 4.69) is 62.5 Å². The van der Waals surface area contributed by atoms with Crippen molar-refractivity contribution < 1.29 is 24.5 Å². The molecule has 304 valence electrons. The van der Waals surface area contributed by atoms with Gasteiger partial charge in [-0.15, -0.1) is 0 Å². The van der Waals surface area contributed by atoms with Gasteiger partial charge in [0.15, 0.2) is 0 Å². The molecule has 0 aromatic heterocycles. The molecular formula is C46H85NO5. The minimum Gasteiger partial charge on any atom is -0.462 e. The molecule has 0 rings (SSSR count). The Morgan fingerprint density at radius 3 is 1.52 bits per heavy atom. The highest BCUT2D eigenvalue weighted by Gasteiger charge is 2.24. The molecule has 0 saturated heterocycles. The van der Waals surface area contributed by atoms with Gasteiger partial charge in [-0.1, -0.05) is 179 Å². The van der Waals surface area contributed by atoms with Crippen LogP contribution in [0.4, 0.5) is 0 Å². The maximum Gasteiger partial charge on any atom is 0.306 e. The highest BCUT2D eigenvalue weighted by molar-refractivity contribution is 5.77. The SMILES string of the molecule is CCCCC/C=C\C/C=C\C/C=C\CCCCCCC(=O)OC(CCCCCCCCC)CC(=O)NC(CO)C(O)CCCCCCCCCCC. The Hall–Kier alpha value is -1.92. The van der Waals surface area contributed by atoms with Crippen molar-refractivity contribution >= 4 is 11.9 Å². The van der Waals surface area contributed by atoms with Gasteiger partial charge in [-0.2, -0.15) is 0 Å². The van der Waals surface area contributed by atoms with Crippen molar-refractivity contribution in [2.75, 3.05) is 6.61 Å². The standard InChI is InChI=1S/C46H85NO5/c1-4-7-10-13-16-18-19-20-21-22-23-24-25-27-30-33-36-39-46(51)52-42(37-34-31-28-15-12-9-6-3)40-45(50)47-43(41-48)44(49)38-35-32-29-26-17-14-11-8-5-2/h16,18,20-21,23-24,42-44,48-49H,4-15,17,19,22,25-41H2,1-3H3,(H,47,50)/b18-16-,21-20-,24-23-. The largest absolute Gasteiger partial charge is 0.462 e. The quantitative estimate of drug-likeness (QED) is 0.0332. The molecule has 6 heteroatoms. The fourth-order valence-electron chi connectivity index (χ4n) is 6.55. The number of hydrogen-bond donors (Lipinski definition) is 3. The van der Waals surface area contributed by atoms with E-state index in [-0.39, 0.29) is 24.9 Å². The normalized spacial score (nSPS) is 13.7. The van der Waals surface area contributed by atoms with Crippen LogP contribution in [0.2, 0.25) is 0 Å². The Kier molecular flexibility index (Phi) is 38.8. The van der Waals surface area contributed by atoms with Crippen molar-refractivity contribution in [3.63, 3.8) is 0 Å². The Bertz CT molecular complexity index is 869. The van der Waals surface area contributed by atoms with Gasteiger partial charge in [0.2, 0.25) is 5.91 Å². The number of aliphatic hydroxyl groups is 2. The van der Waals surface area contributed by atoms with Crippen LogP contribution in [0.5, 0.6) is 0 Å². The first-order chi connectivity index (χ1) is 25.5. The second kappa shape index (κ2) is 40.3. The maximum absolute atomic E-state index is 13.0. The van der Waals surface area contributed by atoms with E-state index in [0.717, 1.165) is 83.5 Å². The second-order valence-corrected chi connectivity index (χ2v) is 15.1. The third kappa shape index (κ3) is 35.1. The third-order valence-electron chi connectivity index (χ3n) is 9.97. The minimum atomic E-state index is -0.785. The van der Waals surface area contributed by atoms with Crippen LogP contribution in [-0.4, -0.2) is 46.9 Å². The van der Waals surface area contributed by atoms with Crippen molar-refractivity contribution in [2.24, 2.45) is 0 Å². The lowest BCUT2D eigenvalue weighted by molar-refractivity contribution is -0.151. The molecule has 3 atom stereocenters. The molecule has 0 aliphatic carbocycles. The summed E-state index contributed by atoms with van der Waals surface area (Å²) >= 11 is 0. The number of esters is 1. The first kappa shape index (κ1) is 50.1. The molecule has 6 nitrogen and oxygen atoms in total. The van der Waals surface area contributed by atoms with E-state index >= 15 is 0 Å². The van der Waals surface area contributed by atoms with Crippen LogP contribution in [0.15, 0.2) is 36.5 Å². The predicted octanol–water partition coefficient (Wildman–Crippen LogP) is 12.6. The first-order valence-corrected chi connectivity index (χ1v) is 22.2. The maximum atomic E-state index is 13.0. The van der Waals surface area contributed by atoms with Gasteiger partial charge in [-0.05, 0) is 64.2 Å². The first-order valence-electron chi connectivity index (χ1n) is 22.2. The molecular weight excluding hydrogens is 647 g/mol. The van der Waals surface area contributed by atoms with E-state index in [4.69, 9.17) is 4.74 Å². The molecule has 0 fully saturated rings. The van der Waals surface area contributed by atoms with Crippen LogP contribution < -0.4 is 5.32 Å². The summed E-state index contributed by atoms with van der Waals surface area (Å²) in [5, 5.41) is 23.5. The average Bonchev–Trinajstić information content (AvgIpc) is 3.13. The molecule has 3 unspecified atom stereocenters. The van der Waals surface area contributed by atoms with Gasteiger partial charge in [0.1, 0.15) is 6.10 Å². The van der Waals surface area contributed by atoms with Crippen LogP contribution in [0.3, 0.4) is 0 Å². The topological polar surface area (TPSA) is 95.9 Å². The number of ether oxygens (including phenoxy) is 1. The van der Waals surface area contributed by atoms with Crippen molar-refractivity contribution in [1.29, 1.82) is 0 Å². The summed E-state index contributed by atoms with van der Waals surface area (Å²) in [4.78, 5) is 25.8. The number of hydrogen-bond acceptors (Lipinski definition) is 5. The molecule has 52 heavy (non-hydrogen) atoms. The highest BCUT2D eigenvalue weighted by atomic mass is 16.5. The molecule has 0 aromatic carbocycles. The van der Waals surface area contributed by atoms with Crippen molar-refractivity contribution in [3.05, 3.63) is 36.5 Å². The van der Waals surface area contributed by atoms with Crippen LogP contribution >= 0.6 is 0 Å². The summed E-state index contributed by atoms with van der Waals surface area (Å²) in [6.07, 6.45) is 45.0. The molecule has 0 radical (unpaired) electrons.